The Labute approximate surface area is 138 Å². The Balaban J connectivity index is 2.29. The molecule has 0 bridgehead atoms. The van der Waals surface area contributed by atoms with Crippen LogP contribution in [0.3, 0.4) is 0 Å². The molecule has 2 N–H and O–H groups in total. The predicted octanol–water partition coefficient (Wildman–Crippen LogP) is 5.31. The summed E-state index contributed by atoms with van der Waals surface area (Å²) >= 11 is 21.5. The van der Waals surface area contributed by atoms with Gasteiger partial charge in [0.15, 0.2) is 5.65 Å². The number of hydrogen-bond donors (Lipinski definition) is 1. The summed E-state index contributed by atoms with van der Waals surface area (Å²) < 4.78 is 2.44. The number of benzene rings is 1. The molecule has 0 unspecified atom stereocenters. The third-order valence-electron chi connectivity index (χ3n) is 2.87. The van der Waals surface area contributed by atoms with Crippen LogP contribution in [0.25, 0.3) is 16.9 Å². The van der Waals surface area contributed by atoms with E-state index in [4.69, 9.17) is 40.5 Å². The van der Waals surface area contributed by atoms with Gasteiger partial charge in [0, 0.05) is 16.2 Å². The van der Waals surface area contributed by atoms with Gasteiger partial charge in [-0.2, -0.15) is 0 Å². The van der Waals surface area contributed by atoms with Crippen LogP contribution in [-0.2, 0) is 0 Å². The molecular formula is C13H7BrCl3N3. The topological polar surface area (TPSA) is 43.3 Å². The fourth-order valence-corrected chi connectivity index (χ4v) is 2.96. The van der Waals surface area contributed by atoms with Gasteiger partial charge in [0.05, 0.1) is 15.1 Å². The lowest BCUT2D eigenvalue weighted by Gasteiger charge is -2.02. The van der Waals surface area contributed by atoms with Crippen LogP contribution in [0.2, 0.25) is 15.1 Å². The lowest BCUT2D eigenvalue weighted by Crippen LogP contribution is -1.94. The molecule has 7 heteroatoms. The monoisotopic (exact) mass is 389 g/mol. The minimum atomic E-state index is 0.448. The van der Waals surface area contributed by atoms with E-state index in [1.165, 1.54) is 0 Å². The Bertz CT molecular complexity index is 829. The molecule has 0 aliphatic heterocycles. The van der Waals surface area contributed by atoms with Crippen LogP contribution in [-0.4, -0.2) is 9.38 Å². The quantitative estimate of drug-likeness (QED) is 0.611. The summed E-state index contributed by atoms with van der Waals surface area (Å²) in [5.74, 6) is 0.471. The number of halogens is 4. The number of hydrogen-bond acceptors (Lipinski definition) is 2. The first-order valence-electron chi connectivity index (χ1n) is 5.55. The van der Waals surface area contributed by atoms with Crippen LogP contribution >= 0.6 is 50.7 Å². The smallest absolute Gasteiger partial charge is 0.158 e. The second-order valence-corrected chi connectivity index (χ2v) is 6.28. The lowest BCUT2D eigenvalue weighted by molar-refractivity contribution is 1.20. The Kier molecular flexibility index (Phi) is 3.58. The third-order valence-corrected chi connectivity index (χ3v) is 4.57. The summed E-state index contributed by atoms with van der Waals surface area (Å²) in [6, 6.07) is 7.11. The number of nitrogens with zero attached hydrogens (tertiary/aromatic N) is 2. The van der Waals surface area contributed by atoms with Crippen molar-refractivity contribution in [3.63, 3.8) is 0 Å². The zero-order chi connectivity index (χ0) is 14.4. The molecule has 0 fully saturated rings. The van der Waals surface area contributed by atoms with Gasteiger partial charge in [-0.1, -0.05) is 40.9 Å². The normalized spacial score (nSPS) is 11.2. The van der Waals surface area contributed by atoms with Gasteiger partial charge in [-0.3, -0.25) is 4.40 Å². The number of imidazole rings is 1. The highest BCUT2D eigenvalue weighted by Gasteiger charge is 2.15. The molecule has 1 aromatic carbocycles. The number of nitrogen functional groups attached to an aromatic ring is 1. The average molecular weight is 391 g/mol. The molecule has 3 aromatic rings. The van der Waals surface area contributed by atoms with Crippen molar-refractivity contribution >= 4 is 62.2 Å². The highest BCUT2D eigenvalue weighted by atomic mass is 79.9. The summed E-state index contributed by atoms with van der Waals surface area (Å²) in [7, 11) is 0. The summed E-state index contributed by atoms with van der Waals surface area (Å²) in [5, 5.41) is 1.57. The van der Waals surface area contributed by atoms with Crippen molar-refractivity contribution in [2.75, 3.05) is 5.73 Å². The zero-order valence-electron chi connectivity index (χ0n) is 9.87. The molecule has 0 saturated heterocycles. The van der Waals surface area contributed by atoms with Crippen LogP contribution in [0.1, 0.15) is 0 Å². The van der Waals surface area contributed by atoms with Crippen molar-refractivity contribution < 1.29 is 0 Å². The van der Waals surface area contributed by atoms with Crippen LogP contribution in [0, 0.1) is 0 Å². The molecule has 3 rings (SSSR count). The van der Waals surface area contributed by atoms with E-state index in [1.54, 1.807) is 22.7 Å². The molecular weight excluding hydrogens is 384 g/mol. The molecule has 102 valence electrons. The first kappa shape index (κ1) is 14.0. The Morgan fingerprint density at radius 1 is 1.10 bits per heavy atom. The minimum absolute atomic E-state index is 0.448. The second kappa shape index (κ2) is 5.11. The lowest BCUT2D eigenvalue weighted by atomic mass is 10.1. The van der Waals surface area contributed by atoms with E-state index in [0.29, 0.717) is 32.2 Å². The third kappa shape index (κ3) is 2.27. The van der Waals surface area contributed by atoms with E-state index < -0.39 is 0 Å². The van der Waals surface area contributed by atoms with Crippen molar-refractivity contribution in [1.82, 2.24) is 9.38 Å². The standard InChI is InChI=1S/C13H7BrCl3N3/c14-8-3-6(1-2-9(8)16)11-12(18)20-5-7(15)4-10(17)13(20)19-11/h1-5H,18H2. The molecule has 2 aromatic heterocycles. The number of nitrogens with two attached hydrogens (primary N) is 1. The Hall–Kier alpha value is -0.940. The number of pyridine rings is 1. The van der Waals surface area contributed by atoms with Gasteiger partial charge >= 0.3 is 0 Å². The van der Waals surface area contributed by atoms with Crippen LogP contribution in [0.5, 0.6) is 0 Å². The highest BCUT2D eigenvalue weighted by Crippen LogP contribution is 2.34. The maximum atomic E-state index is 6.14. The number of rotatable bonds is 1. The molecule has 0 spiro atoms. The molecule has 0 radical (unpaired) electrons. The van der Waals surface area contributed by atoms with Crippen molar-refractivity contribution in [2.24, 2.45) is 0 Å². The van der Waals surface area contributed by atoms with Gasteiger partial charge in [-0.15, -0.1) is 0 Å². The van der Waals surface area contributed by atoms with Gasteiger partial charge in [0.25, 0.3) is 0 Å². The van der Waals surface area contributed by atoms with E-state index in [-0.39, 0.29) is 0 Å². The SMILES string of the molecule is Nc1c(-c2ccc(Cl)c(Br)c2)nc2c(Cl)cc(Cl)cn12. The fraction of sp³-hybridized carbons (Fsp3) is 0. The summed E-state index contributed by atoms with van der Waals surface area (Å²) in [6.45, 7) is 0. The maximum absolute atomic E-state index is 6.14. The Morgan fingerprint density at radius 2 is 1.85 bits per heavy atom. The molecule has 3 nitrogen and oxygen atoms in total. The number of aromatic nitrogens is 2. The van der Waals surface area contributed by atoms with Crippen LogP contribution < -0.4 is 5.73 Å². The van der Waals surface area contributed by atoms with E-state index in [0.717, 1.165) is 10.0 Å². The molecule has 20 heavy (non-hydrogen) atoms. The van der Waals surface area contributed by atoms with E-state index in [2.05, 4.69) is 20.9 Å². The molecule has 0 aliphatic carbocycles. The van der Waals surface area contributed by atoms with E-state index >= 15 is 0 Å². The second-order valence-electron chi connectivity index (χ2n) is 4.17. The van der Waals surface area contributed by atoms with Crippen LogP contribution in [0.15, 0.2) is 34.9 Å². The molecule has 0 atom stereocenters. The molecule has 0 amide bonds. The summed E-state index contributed by atoms with van der Waals surface area (Å²) in [5.41, 5.74) is 8.17. The van der Waals surface area contributed by atoms with Gasteiger partial charge in [0.1, 0.15) is 11.5 Å². The minimum Gasteiger partial charge on any atom is -0.383 e. The van der Waals surface area contributed by atoms with Crippen molar-refractivity contribution in [3.8, 4) is 11.3 Å². The van der Waals surface area contributed by atoms with Gasteiger partial charge < -0.3 is 5.73 Å². The number of anilines is 1. The van der Waals surface area contributed by atoms with E-state index in [9.17, 15) is 0 Å². The highest BCUT2D eigenvalue weighted by molar-refractivity contribution is 9.10. The first-order valence-corrected chi connectivity index (χ1v) is 7.48. The Morgan fingerprint density at radius 3 is 2.55 bits per heavy atom. The van der Waals surface area contributed by atoms with Crippen LogP contribution in [0.4, 0.5) is 5.82 Å². The van der Waals surface area contributed by atoms with Gasteiger partial charge in [-0.05, 0) is 34.1 Å². The molecule has 2 heterocycles. The van der Waals surface area contributed by atoms with Gasteiger partial charge in [0.2, 0.25) is 0 Å². The molecule has 0 saturated carbocycles. The average Bonchev–Trinajstić information content (AvgIpc) is 2.71. The largest absolute Gasteiger partial charge is 0.383 e. The fourth-order valence-electron chi connectivity index (χ4n) is 1.95. The summed E-state index contributed by atoms with van der Waals surface area (Å²) in [4.78, 5) is 4.48. The number of fused-ring (bicyclic) bond motifs is 1. The van der Waals surface area contributed by atoms with Crippen molar-refractivity contribution in [2.45, 2.75) is 0 Å². The molecule has 0 aliphatic rings. The van der Waals surface area contributed by atoms with Crippen molar-refractivity contribution in [3.05, 3.63) is 50.0 Å². The van der Waals surface area contributed by atoms with E-state index in [1.807, 2.05) is 12.1 Å². The van der Waals surface area contributed by atoms with Gasteiger partial charge in [-0.25, -0.2) is 4.98 Å². The zero-order valence-corrected chi connectivity index (χ0v) is 13.7. The predicted molar refractivity (Wildman–Crippen MR) is 87.8 cm³/mol. The first-order chi connectivity index (χ1) is 9.47. The summed E-state index contributed by atoms with van der Waals surface area (Å²) in [6.07, 6.45) is 1.68. The maximum Gasteiger partial charge on any atom is 0.158 e. The van der Waals surface area contributed by atoms with Crippen molar-refractivity contribution in [1.29, 1.82) is 0 Å².